The summed E-state index contributed by atoms with van der Waals surface area (Å²) in [6.07, 6.45) is 1.10. The zero-order chi connectivity index (χ0) is 8.69. The van der Waals surface area contributed by atoms with E-state index in [9.17, 15) is 4.79 Å². The van der Waals surface area contributed by atoms with Crippen molar-refractivity contribution in [1.29, 1.82) is 0 Å². The standard InChI is InChI=1S/C8H14O3/c1-4-6-11-7(3)8(9)10-5-2/h4,7H,1,5-6H2,2-3H3. The van der Waals surface area contributed by atoms with Crippen LogP contribution in [0.15, 0.2) is 12.7 Å². The van der Waals surface area contributed by atoms with Crippen LogP contribution in [0.3, 0.4) is 0 Å². The molecular formula is C8H14O3. The minimum atomic E-state index is -0.493. The van der Waals surface area contributed by atoms with Crippen molar-refractivity contribution in [3.05, 3.63) is 12.7 Å². The zero-order valence-electron chi connectivity index (χ0n) is 7.00. The molecule has 0 aromatic carbocycles. The first-order valence-electron chi connectivity index (χ1n) is 3.61. The fourth-order valence-electron chi connectivity index (χ4n) is 0.540. The molecule has 3 heteroatoms. The highest BCUT2D eigenvalue weighted by atomic mass is 16.6. The number of carbonyl (C=O) groups excluding carboxylic acids is 1. The van der Waals surface area contributed by atoms with Crippen molar-refractivity contribution in [2.45, 2.75) is 20.0 Å². The Bertz CT molecular complexity index is 131. The van der Waals surface area contributed by atoms with Crippen LogP contribution >= 0.6 is 0 Å². The molecule has 0 saturated heterocycles. The molecule has 0 aromatic heterocycles. The van der Waals surface area contributed by atoms with Crippen LogP contribution in [0.2, 0.25) is 0 Å². The van der Waals surface area contributed by atoms with Crippen LogP contribution in [0.25, 0.3) is 0 Å². The van der Waals surface area contributed by atoms with Gasteiger partial charge in [0.2, 0.25) is 0 Å². The van der Waals surface area contributed by atoms with Crippen LogP contribution in [0.4, 0.5) is 0 Å². The number of esters is 1. The van der Waals surface area contributed by atoms with Crippen molar-refractivity contribution in [1.82, 2.24) is 0 Å². The van der Waals surface area contributed by atoms with Crippen LogP contribution < -0.4 is 0 Å². The van der Waals surface area contributed by atoms with E-state index in [1.807, 2.05) is 0 Å². The second-order valence-electron chi connectivity index (χ2n) is 2.02. The molecule has 11 heavy (non-hydrogen) atoms. The summed E-state index contributed by atoms with van der Waals surface area (Å²) >= 11 is 0. The molecule has 0 aliphatic rings. The Morgan fingerprint density at radius 2 is 2.36 bits per heavy atom. The van der Waals surface area contributed by atoms with E-state index in [0.29, 0.717) is 13.2 Å². The van der Waals surface area contributed by atoms with Gasteiger partial charge < -0.3 is 9.47 Å². The summed E-state index contributed by atoms with van der Waals surface area (Å²) in [6, 6.07) is 0. The molecule has 0 spiro atoms. The van der Waals surface area contributed by atoms with Gasteiger partial charge >= 0.3 is 5.97 Å². The van der Waals surface area contributed by atoms with Gasteiger partial charge in [-0.2, -0.15) is 0 Å². The lowest BCUT2D eigenvalue weighted by Gasteiger charge is -2.09. The first-order valence-corrected chi connectivity index (χ1v) is 3.61. The first-order chi connectivity index (χ1) is 5.22. The monoisotopic (exact) mass is 158 g/mol. The summed E-state index contributed by atoms with van der Waals surface area (Å²) in [6.45, 7) is 7.64. The molecule has 0 amide bonds. The van der Waals surface area contributed by atoms with E-state index in [2.05, 4.69) is 6.58 Å². The summed E-state index contributed by atoms with van der Waals surface area (Å²) in [5.74, 6) is -0.325. The average molecular weight is 158 g/mol. The summed E-state index contributed by atoms with van der Waals surface area (Å²) in [4.78, 5) is 10.9. The first kappa shape index (κ1) is 10.2. The normalized spacial score (nSPS) is 12.2. The van der Waals surface area contributed by atoms with Crippen LogP contribution in [-0.4, -0.2) is 25.3 Å². The van der Waals surface area contributed by atoms with E-state index in [4.69, 9.17) is 9.47 Å². The molecule has 3 nitrogen and oxygen atoms in total. The van der Waals surface area contributed by atoms with Gasteiger partial charge in [0.25, 0.3) is 0 Å². The van der Waals surface area contributed by atoms with Gasteiger partial charge in [-0.3, -0.25) is 0 Å². The Morgan fingerprint density at radius 3 is 2.82 bits per heavy atom. The highest BCUT2D eigenvalue weighted by Crippen LogP contribution is 1.93. The third kappa shape index (κ3) is 4.56. The molecule has 0 N–H and O–H groups in total. The Labute approximate surface area is 67.0 Å². The van der Waals surface area contributed by atoms with Gasteiger partial charge in [0.05, 0.1) is 13.2 Å². The lowest BCUT2D eigenvalue weighted by atomic mass is 10.4. The van der Waals surface area contributed by atoms with Gasteiger partial charge in [0.15, 0.2) is 6.10 Å². The average Bonchev–Trinajstić information content (AvgIpc) is 2.00. The van der Waals surface area contributed by atoms with Gasteiger partial charge in [0.1, 0.15) is 0 Å². The topological polar surface area (TPSA) is 35.5 Å². The number of carbonyl (C=O) groups is 1. The van der Waals surface area contributed by atoms with E-state index < -0.39 is 6.10 Å². The molecule has 0 heterocycles. The predicted octanol–water partition coefficient (Wildman–Crippen LogP) is 1.14. The van der Waals surface area contributed by atoms with Crippen LogP contribution in [0.5, 0.6) is 0 Å². The molecular weight excluding hydrogens is 144 g/mol. The zero-order valence-corrected chi connectivity index (χ0v) is 7.00. The molecule has 1 atom stereocenters. The molecule has 64 valence electrons. The third-order valence-corrected chi connectivity index (χ3v) is 1.08. The minimum Gasteiger partial charge on any atom is -0.464 e. The predicted molar refractivity (Wildman–Crippen MR) is 42.2 cm³/mol. The molecule has 0 radical (unpaired) electrons. The van der Waals surface area contributed by atoms with Crippen molar-refractivity contribution >= 4 is 5.97 Å². The van der Waals surface area contributed by atoms with Gasteiger partial charge in [-0.05, 0) is 13.8 Å². The van der Waals surface area contributed by atoms with E-state index in [0.717, 1.165) is 0 Å². The second-order valence-corrected chi connectivity index (χ2v) is 2.02. The van der Waals surface area contributed by atoms with Crippen molar-refractivity contribution in [3.63, 3.8) is 0 Å². The van der Waals surface area contributed by atoms with Crippen LogP contribution in [0.1, 0.15) is 13.8 Å². The fourth-order valence-corrected chi connectivity index (χ4v) is 0.540. The molecule has 0 bridgehead atoms. The Hall–Kier alpha value is -0.830. The van der Waals surface area contributed by atoms with Gasteiger partial charge in [-0.25, -0.2) is 4.79 Å². The molecule has 0 aliphatic carbocycles. The second kappa shape index (κ2) is 5.92. The highest BCUT2D eigenvalue weighted by molar-refractivity contribution is 5.74. The van der Waals surface area contributed by atoms with Crippen molar-refractivity contribution in [2.24, 2.45) is 0 Å². The van der Waals surface area contributed by atoms with Crippen molar-refractivity contribution in [3.8, 4) is 0 Å². The quantitative estimate of drug-likeness (QED) is 0.444. The van der Waals surface area contributed by atoms with Gasteiger partial charge in [-0.1, -0.05) is 6.08 Å². The molecule has 0 aromatic rings. The summed E-state index contributed by atoms with van der Waals surface area (Å²) in [5, 5.41) is 0. The molecule has 0 fully saturated rings. The summed E-state index contributed by atoms with van der Waals surface area (Å²) in [5.41, 5.74) is 0. The summed E-state index contributed by atoms with van der Waals surface area (Å²) < 4.78 is 9.72. The maximum Gasteiger partial charge on any atom is 0.334 e. The highest BCUT2D eigenvalue weighted by Gasteiger charge is 2.12. The maximum atomic E-state index is 10.9. The van der Waals surface area contributed by atoms with E-state index in [1.165, 1.54) is 0 Å². The lowest BCUT2D eigenvalue weighted by molar-refractivity contribution is -0.154. The Morgan fingerprint density at radius 1 is 1.73 bits per heavy atom. The number of hydrogen-bond acceptors (Lipinski definition) is 3. The van der Waals surface area contributed by atoms with Crippen LogP contribution in [-0.2, 0) is 14.3 Å². The lowest BCUT2D eigenvalue weighted by Crippen LogP contribution is -2.23. The van der Waals surface area contributed by atoms with E-state index in [-0.39, 0.29) is 5.97 Å². The number of ether oxygens (including phenoxy) is 2. The van der Waals surface area contributed by atoms with Gasteiger partial charge in [-0.15, -0.1) is 6.58 Å². The molecule has 1 unspecified atom stereocenters. The Balaban J connectivity index is 3.54. The number of hydrogen-bond donors (Lipinski definition) is 0. The maximum absolute atomic E-state index is 10.9. The number of rotatable bonds is 5. The third-order valence-electron chi connectivity index (χ3n) is 1.08. The molecule has 0 saturated carbocycles. The smallest absolute Gasteiger partial charge is 0.334 e. The summed E-state index contributed by atoms with van der Waals surface area (Å²) in [7, 11) is 0. The Kier molecular flexibility index (Phi) is 5.47. The fraction of sp³-hybridized carbons (Fsp3) is 0.625. The molecule has 0 aliphatic heterocycles. The molecule has 0 rings (SSSR count). The van der Waals surface area contributed by atoms with Crippen molar-refractivity contribution in [2.75, 3.05) is 13.2 Å². The SMILES string of the molecule is C=CCOC(C)C(=O)OCC. The van der Waals surface area contributed by atoms with Crippen LogP contribution in [0, 0.1) is 0 Å². The minimum absolute atomic E-state index is 0.325. The largest absolute Gasteiger partial charge is 0.464 e. The van der Waals surface area contributed by atoms with Gasteiger partial charge in [0, 0.05) is 0 Å². The van der Waals surface area contributed by atoms with E-state index >= 15 is 0 Å². The van der Waals surface area contributed by atoms with E-state index in [1.54, 1.807) is 19.9 Å². The van der Waals surface area contributed by atoms with Crippen molar-refractivity contribution < 1.29 is 14.3 Å².